The first kappa shape index (κ1) is 18.9. The summed E-state index contributed by atoms with van der Waals surface area (Å²) >= 11 is 0. The Bertz CT molecular complexity index is 1050. The summed E-state index contributed by atoms with van der Waals surface area (Å²) in [6.07, 6.45) is 5.06. The van der Waals surface area contributed by atoms with Gasteiger partial charge >= 0.3 is 5.97 Å². The Balaban J connectivity index is 1.33. The fraction of sp³-hybridized carbons (Fsp3) is 0.350. The molecule has 0 unspecified atom stereocenters. The first-order valence-electron chi connectivity index (χ1n) is 9.52. The summed E-state index contributed by atoms with van der Waals surface area (Å²) in [6, 6.07) is 7.11. The molecule has 2 heterocycles. The number of nitrogens with one attached hydrogen (secondary N) is 1. The van der Waals surface area contributed by atoms with E-state index in [4.69, 9.17) is 4.52 Å². The van der Waals surface area contributed by atoms with Crippen LogP contribution in [0.1, 0.15) is 59.4 Å². The van der Waals surface area contributed by atoms with Crippen molar-refractivity contribution in [1.29, 1.82) is 0 Å². The third-order valence-corrected chi connectivity index (χ3v) is 4.84. The fourth-order valence-electron chi connectivity index (χ4n) is 3.10. The van der Waals surface area contributed by atoms with Crippen LogP contribution in [0.15, 0.2) is 35.0 Å². The van der Waals surface area contributed by atoms with E-state index >= 15 is 0 Å². The molecule has 1 amide bonds. The van der Waals surface area contributed by atoms with Gasteiger partial charge in [-0.2, -0.15) is 10.1 Å². The molecule has 1 fully saturated rings. The van der Waals surface area contributed by atoms with Gasteiger partial charge in [0.25, 0.3) is 0 Å². The average molecular weight is 395 g/mol. The predicted octanol–water partition coefficient (Wildman–Crippen LogP) is 3.10. The Hall–Kier alpha value is -3.49. The summed E-state index contributed by atoms with van der Waals surface area (Å²) in [7, 11) is 0. The van der Waals surface area contributed by atoms with Crippen LogP contribution in [-0.2, 0) is 11.2 Å². The van der Waals surface area contributed by atoms with Gasteiger partial charge in [-0.1, -0.05) is 11.2 Å². The molecule has 2 aromatic heterocycles. The molecule has 150 valence electrons. The third-order valence-electron chi connectivity index (χ3n) is 4.84. The predicted molar refractivity (Wildman–Crippen MR) is 103 cm³/mol. The Labute approximate surface area is 166 Å². The van der Waals surface area contributed by atoms with E-state index in [0.717, 1.165) is 18.7 Å². The number of hydrogen-bond acceptors (Lipinski definition) is 6. The van der Waals surface area contributed by atoms with Crippen molar-refractivity contribution in [2.45, 2.75) is 44.9 Å². The van der Waals surface area contributed by atoms with Gasteiger partial charge < -0.3 is 14.9 Å². The van der Waals surface area contributed by atoms with Crippen LogP contribution < -0.4 is 5.32 Å². The maximum Gasteiger partial charge on any atom is 0.339 e. The summed E-state index contributed by atoms with van der Waals surface area (Å²) < 4.78 is 6.75. The Morgan fingerprint density at radius 1 is 1.34 bits per heavy atom. The van der Waals surface area contributed by atoms with Gasteiger partial charge in [-0.3, -0.25) is 4.79 Å². The van der Waals surface area contributed by atoms with Crippen molar-refractivity contribution >= 4 is 17.6 Å². The largest absolute Gasteiger partial charge is 0.478 e. The molecule has 0 atom stereocenters. The number of nitrogens with zero attached hydrogens (tertiary/aromatic N) is 4. The number of hydrogen-bond donors (Lipinski definition) is 2. The normalized spacial score (nSPS) is 13.4. The highest BCUT2D eigenvalue weighted by molar-refractivity contribution is 5.91. The van der Waals surface area contributed by atoms with Crippen molar-refractivity contribution in [2.24, 2.45) is 0 Å². The summed E-state index contributed by atoms with van der Waals surface area (Å²) in [6.45, 7) is 1.69. The molecule has 0 spiro atoms. The van der Waals surface area contributed by atoms with Crippen molar-refractivity contribution in [1.82, 2.24) is 19.9 Å². The number of carboxylic acid groups (broad SMARTS) is 1. The number of aryl methyl sites for hydroxylation is 1. The van der Waals surface area contributed by atoms with Crippen molar-refractivity contribution in [3.05, 3.63) is 53.4 Å². The van der Waals surface area contributed by atoms with Crippen LogP contribution in [0.4, 0.5) is 5.69 Å². The van der Waals surface area contributed by atoms with Crippen LogP contribution in [0.5, 0.6) is 0 Å². The maximum atomic E-state index is 12.3. The second-order valence-corrected chi connectivity index (χ2v) is 7.13. The van der Waals surface area contributed by atoms with Crippen LogP contribution >= 0.6 is 0 Å². The summed E-state index contributed by atoms with van der Waals surface area (Å²) in [5.74, 6) is 0.663. The van der Waals surface area contributed by atoms with Gasteiger partial charge in [0.1, 0.15) is 5.56 Å². The number of rotatable bonds is 8. The van der Waals surface area contributed by atoms with E-state index in [2.05, 4.69) is 20.6 Å². The Morgan fingerprint density at radius 2 is 2.17 bits per heavy atom. The Morgan fingerprint density at radius 3 is 2.90 bits per heavy atom. The molecule has 1 saturated carbocycles. The van der Waals surface area contributed by atoms with E-state index in [0.29, 0.717) is 48.1 Å². The molecule has 0 aliphatic heterocycles. The minimum absolute atomic E-state index is 0.118. The number of aromatic nitrogens is 4. The smallest absolute Gasteiger partial charge is 0.339 e. The molecule has 1 aliphatic rings. The minimum Gasteiger partial charge on any atom is -0.478 e. The van der Waals surface area contributed by atoms with Crippen molar-refractivity contribution in [3.63, 3.8) is 0 Å². The molecule has 0 bridgehead atoms. The maximum absolute atomic E-state index is 12.3. The first-order valence-corrected chi connectivity index (χ1v) is 9.52. The van der Waals surface area contributed by atoms with Crippen molar-refractivity contribution in [2.75, 3.05) is 5.32 Å². The molecule has 0 radical (unpaired) electrons. The fourth-order valence-corrected chi connectivity index (χ4v) is 3.10. The van der Waals surface area contributed by atoms with Crippen molar-refractivity contribution in [3.8, 4) is 5.69 Å². The highest BCUT2D eigenvalue weighted by atomic mass is 16.5. The van der Waals surface area contributed by atoms with Gasteiger partial charge in [0.15, 0.2) is 5.82 Å². The standard InChI is InChI=1S/C20H21N5O4/c1-12-16(20(27)28)11-21-25(12)15-5-2-4-14(10-15)22-17(26)6-3-7-18-23-19(24-29-18)13-8-9-13/h2,4-5,10-11,13H,3,6-9H2,1H3,(H,22,26)(H,27,28). The zero-order valence-electron chi connectivity index (χ0n) is 16.0. The van der Waals surface area contributed by atoms with E-state index in [9.17, 15) is 14.7 Å². The van der Waals surface area contributed by atoms with E-state index in [1.807, 2.05) is 0 Å². The zero-order chi connectivity index (χ0) is 20.4. The second kappa shape index (κ2) is 7.86. The van der Waals surface area contributed by atoms with Crippen LogP contribution in [-0.4, -0.2) is 36.9 Å². The topological polar surface area (TPSA) is 123 Å². The monoisotopic (exact) mass is 395 g/mol. The van der Waals surface area contributed by atoms with Crippen molar-refractivity contribution < 1.29 is 19.2 Å². The van der Waals surface area contributed by atoms with Crippen LogP contribution in [0.25, 0.3) is 5.69 Å². The highest BCUT2D eigenvalue weighted by Gasteiger charge is 2.28. The SMILES string of the molecule is Cc1c(C(=O)O)cnn1-c1cccc(NC(=O)CCCc2nc(C3CC3)no2)c1. The second-order valence-electron chi connectivity index (χ2n) is 7.13. The lowest BCUT2D eigenvalue weighted by Gasteiger charge is -2.09. The molecule has 2 N–H and O–H groups in total. The molecule has 3 aromatic rings. The summed E-state index contributed by atoms with van der Waals surface area (Å²) in [5.41, 5.74) is 1.95. The molecule has 0 saturated heterocycles. The summed E-state index contributed by atoms with van der Waals surface area (Å²) in [5, 5.41) is 20.1. The van der Waals surface area contributed by atoms with Gasteiger partial charge in [0, 0.05) is 24.4 Å². The van der Waals surface area contributed by atoms with Crippen LogP contribution in [0.2, 0.25) is 0 Å². The number of aromatic carboxylic acids is 1. The molecule has 9 nitrogen and oxygen atoms in total. The zero-order valence-corrected chi connectivity index (χ0v) is 16.0. The number of amides is 1. The molecule has 29 heavy (non-hydrogen) atoms. The quantitative estimate of drug-likeness (QED) is 0.601. The summed E-state index contributed by atoms with van der Waals surface area (Å²) in [4.78, 5) is 27.8. The lowest BCUT2D eigenvalue weighted by atomic mass is 10.2. The Kier molecular flexibility index (Phi) is 5.11. The molecule has 1 aliphatic carbocycles. The number of benzene rings is 1. The van der Waals surface area contributed by atoms with Gasteiger partial charge in [-0.25, -0.2) is 9.48 Å². The number of carbonyl (C=O) groups excluding carboxylic acids is 1. The van der Waals surface area contributed by atoms with E-state index < -0.39 is 5.97 Å². The average Bonchev–Trinajstić information content (AvgIpc) is 3.30. The number of carboxylic acids is 1. The van der Waals surface area contributed by atoms with Crippen LogP contribution in [0, 0.1) is 6.92 Å². The van der Waals surface area contributed by atoms with E-state index in [1.54, 1.807) is 31.2 Å². The lowest BCUT2D eigenvalue weighted by molar-refractivity contribution is -0.116. The molecule has 1 aromatic carbocycles. The molecule has 4 rings (SSSR count). The van der Waals surface area contributed by atoms with Gasteiger partial charge in [-0.05, 0) is 44.4 Å². The lowest BCUT2D eigenvalue weighted by Crippen LogP contribution is -2.12. The number of carbonyl (C=O) groups is 2. The van der Waals surface area contributed by atoms with E-state index in [1.165, 1.54) is 10.9 Å². The van der Waals surface area contributed by atoms with Gasteiger partial charge in [0.2, 0.25) is 11.8 Å². The molecule has 9 heteroatoms. The molecular formula is C20H21N5O4. The van der Waals surface area contributed by atoms with Gasteiger partial charge in [0.05, 0.1) is 17.6 Å². The number of anilines is 1. The minimum atomic E-state index is -1.02. The van der Waals surface area contributed by atoms with Gasteiger partial charge in [-0.15, -0.1) is 0 Å². The molecular weight excluding hydrogens is 374 g/mol. The van der Waals surface area contributed by atoms with E-state index in [-0.39, 0.29) is 11.5 Å². The third kappa shape index (κ3) is 4.34. The highest BCUT2D eigenvalue weighted by Crippen LogP contribution is 2.38. The van der Waals surface area contributed by atoms with Crippen LogP contribution in [0.3, 0.4) is 0 Å². The first-order chi connectivity index (χ1) is 14.0.